The van der Waals surface area contributed by atoms with Crippen molar-refractivity contribution >= 4 is 10.0 Å². The number of nitrogens with zero attached hydrogens (tertiary/aromatic N) is 1. The number of hydrogen-bond acceptors (Lipinski definition) is 3. The molecule has 18 heavy (non-hydrogen) atoms. The van der Waals surface area contributed by atoms with Gasteiger partial charge in [0.25, 0.3) is 0 Å². The highest BCUT2D eigenvalue weighted by atomic mass is 32.2. The molecule has 1 aromatic rings. The number of halogens is 1. The highest BCUT2D eigenvalue weighted by molar-refractivity contribution is 7.89. The molecule has 0 aliphatic heterocycles. The molecule has 1 saturated carbocycles. The third-order valence-corrected chi connectivity index (χ3v) is 5.24. The highest BCUT2D eigenvalue weighted by Gasteiger charge is 2.37. The first-order valence-corrected chi connectivity index (χ1v) is 7.45. The zero-order chi connectivity index (χ0) is 13.3. The Hall–Kier alpha value is -0.980. The Morgan fingerprint density at radius 3 is 2.61 bits per heavy atom. The van der Waals surface area contributed by atoms with Crippen LogP contribution in [-0.4, -0.2) is 25.3 Å². The van der Waals surface area contributed by atoms with E-state index in [1.807, 2.05) is 0 Å². The van der Waals surface area contributed by atoms with Gasteiger partial charge in [-0.25, -0.2) is 12.8 Å². The Morgan fingerprint density at radius 2 is 2.11 bits per heavy atom. The van der Waals surface area contributed by atoms with Crippen molar-refractivity contribution in [3.63, 3.8) is 0 Å². The average Bonchev–Trinajstić information content (AvgIpc) is 3.13. The van der Waals surface area contributed by atoms with E-state index in [0.717, 1.165) is 12.8 Å². The molecule has 4 nitrogen and oxygen atoms in total. The standard InChI is InChI=1S/C12H17FN2O2S/c1-2-15(9-6-7-9)18(16,17)12-5-3-4-11(13)10(12)8-14/h3-5,9H,2,6-8,14H2,1H3. The van der Waals surface area contributed by atoms with Gasteiger partial charge in [-0.2, -0.15) is 4.31 Å². The zero-order valence-electron chi connectivity index (χ0n) is 10.3. The minimum Gasteiger partial charge on any atom is -0.326 e. The van der Waals surface area contributed by atoms with Crippen LogP contribution in [0.25, 0.3) is 0 Å². The fourth-order valence-corrected chi connectivity index (χ4v) is 4.03. The average molecular weight is 272 g/mol. The van der Waals surface area contributed by atoms with Gasteiger partial charge < -0.3 is 5.73 Å². The summed E-state index contributed by atoms with van der Waals surface area (Å²) in [5.74, 6) is -0.564. The summed E-state index contributed by atoms with van der Waals surface area (Å²) >= 11 is 0. The van der Waals surface area contributed by atoms with E-state index in [1.54, 1.807) is 6.92 Å². The van der Waals surface area contributed by atoms with Crippen molar-refractivity contribution in [3.05, 3.63) is 29.6 Å². The first kappa shape index (κ1) is 13.5. The van der Waals surface area contributed by atoms with E-state index in [9.17, 15) is 12.8 Å². The summed E-state index contributed by atoms with van der Waals surface area (Å²) in [5, 5.41) is 0. The molecule has 0 radical (unpaired) electrons. The van der Waals surface area contributed by atoms with Gasteiger partial charge in [-0.1, -0.05) is 13.0 Å². The SMILES string of the molecule is CCN(C1CC1)S(=O)(=O)c1cccc(F)c1CN. The molecule has 2 rings (SSSR count). The van der Waals surface area contributed by atoms with Crippen LogP contribution >= 0.6 is 0 Å². The van der Waals surface area contributed by atoms with Crippen LogP contribution in [0, 0.1) is 5.82 Å². The molecule has 0 heterocycles. The van der Waals surface area contributed by atoms with Gasteiger partial charge in [0.2, 0.25) is 10.0 Å². The van der Waals surface area contributed by atoms with Crippen LogP contribution in [0.1, 0.15) is 25.3 Å². The van der Waals surface area contributed by atoms with Gasteiger partial charge >= 0.3 is 0 Å². The number of hydrogen-bond donors (Lipinski definition) is 1. The molecule has 1 fully saturated rings. The molecule has 0 aromatic heterocycles. The molecule has 100 valence electrons. The molecule has 1 aliphatic rings. The van der Waals surface area contributed by atoms with Crippen molar-refractivity contribution in [2.45, 2.75) is 37.2 Å². The van der Waals surface area contributed by atoms with Crippen LogP contribution in [0.3, 0.4) is 0 Å². The van der Waals surface area contributed by atoms with E-state index < -0.39 is 15.8 Å². The predicted molar refractivity (Wildman–Crippen MR) is 66.9 cm³/mol. The van der Waals surface area contributed by atoms with Crippen LogP contribution in [0.2, 0.25) is 0 Å². The van der Waals surface area contributed by atoms with Gasteiger partial charge in [0.15, 0.2) is 0 Å². The summed E-state index contributed by atoms with van der Waals surface area (Å²) < 4.78 is 40.0. The normalized spacial score (nSPS) is 16.2. The molecule has 0 spiro atoms. The number of benzene rings is 1. The Morgan fingerprint density at radius 1 is 1.44 bits per heavy atom. The molecule has 0 bridgehead atoms. The lowest BCUT2D eigenvalue weighted by Crippen LogP contribution is -2.33. The first-order valence-electron chi connectivity index (χ1n) is 6.01. The van der Waals surface area contributed by atoms with Gasteiger partial charge in [0.1, 0.15) is 5.82 Å². The van der Waals surface area contributed by atoms with Crippen LogP contribution in [0.15, 0.2) is 23.1 Å². The van der Waals surface area contributed by atoms with E-state index in [4.69, 9.17) is 5.73 Å². The second kappa shape index (κ2) is 4.95. The molecule has 2 N–H and O–H groups in total. The van der Waals surface area contributed by atoms with Crippen molar-refractivity contribution in [3.8, 4) is 0 Å². The Balaban J connectivity index is 2.49. The largest absolute Gasteiger partial charge is 0.326 e. The lowest BCUT2D eigenvalue weighted by atomic mass is 10.2. The van der Waals surface area contributed by atoms with Gasteiger partial charge in [-0.15, -0.1) is 0 Å². The fourth-order valence-electron chi connectivity index (χ4n) is 2.09. The van der Waals surface area contributed by atoms with Crippen LogP contribution < -0.4 is 5.73 Å². The molecule has 6 heteroatoms. The summed E-state index contributed by atoms with van der Waals surface area (Å²) in [6, 6.07) is 4.12. The topological polar surface area (TPSA) is 63.4 Å². The summed E-state index contributed by atoms with van der Waals surface area (Å²) in [6.45, 7) is 2.06. The smallest absolute Gasteiger partial charge is 0.243 e. The van der Waals surface area contributed by atoms with E-state index in [0.29, 0.717) is 6.54 Å². The molecule has 0 atom stereocenters. The lowest BCUT2D eigenvalue weighted by molar-refractivity contribution is 0.419. The molecule has 0 saturated heterocycles. The van der Waals surface area contributed by atoms with Crippen molar-refractivity contribution < 1.29 is 12.8 Å². The molecule has 1 aromatic carbocycles. The Kier molecular flexibility index (Phi) is 3.70. The maximum atomic E-state index is 13.6. The second-order valence-electron chi connectivity index (χ2n) is 4.36. The van der Waals surface area contributed by atoms with Gasteiger partial charge in [-0.3, -0.25) is 0 Å². The van der Waals surface area contributed by atoms with Crippen LogP contribution in [0.5, 0.6) is 0 Å². The van der Waals surface area contributed by atoms with Gasteiger partial charge in [0.05, 0.1) is 4.90 Å². The Bertz CT molecular complexity index is 541. The minimum absolute atomic E-state index is 0.00116. The maximum absolute atomic E-state index is 13.6. The lowest BCUT2D eigenvalue weighted by Gasteiger charge is -2.21. The van der Waals surface area contributed by atoms with E-state index in [-0.39, 0.29) is 23.0 Å². The van der Waals surface area contributed by atoms with Gasteiger partial charge in [0, 0.05) is 24.7 Å². The molecule has 0 unspecified atom stereocenters. The minimum atomic E-state index is -3.64. The predicted octanol–water partition coefficient (Wildman–Crippen LogP) is 1.46. The summed E-state index contributed by atoms with van der Waals surface area (Å²) in [5.41, 5.74) is 5.52. The van der Waals surface area contributed by atoms with E-state index in [2.05, 4.69) is 0 Å². The number of nitrogens with two attached hydrogens (primary N) is 1. The summed E-state index contributed by atoms with van der Waals surface area (Å²) in [4.78, 5) is -0.00116. The Labute approximate surface area is 107 Å². The van der Waals surface area contributed by atoms with Crippen molar-refractivity contribution in [2.75, 3.05) is 6.54 Å². The quantitative estimate of drug-likeness (QED) is 0.882. The van der Waals surface area contributed by atoms with Crippen LogP contribution in [-0.2, 0) is 16.6 Å². The molecule has 1 aliphatic carbocycles. The summed E-state index contributed by atoms with van der Waals surface area (Å²) in [7, 11) is -3.64. The first-order chi connectivity index (χ1) is 8.52. The molecule has 0 amide bonds. The third-order valence-electron chi connectivity index (χ3n) is 3.13. The van der Waals surface area contributed by atoms with Crippen molar-refractivity contribution in [1.29, 1.82) is 0 Å². The molecular formula is C12H17FN2O2S. The maximum Gasteiger partial charge on any atom is 0.243 e. The van der Waals surface area contributed by atoms with E-state index in [1.165, 1.54) is 22.5 Å². The number of rotatable bonds is 5. The second-order valence-corrected chi connectivity index (χ2v) is 6.22. The van der Waals surface area contributed by atoms with Crippen LogP contribution in [0.4, 0.5) is 4.39 Å². The monoisotopic (exact) mass is 272 g/mol. The highest BCUT2D eigenvalue weighted by Crippen LogP contribution is 2.33. The van der Waals surface area contributed by atoms with Crippen molar-refractivity contribution in [1.82, 2.24) is 4.31 Å². The third kappa shape index (κ3) is 2.28. The zero-order valence-corrected chi connectivity index (χ0v) is 11.1. The van der Waals surface area contributed by atoms with E-state index >= 15 is 0 Å². The molecular weight excluding hydrogens is 255 g/mol. The van der Waals surface area contributed by atoms with Crippen molar-refractivity contribution in [2.24, 2.45) is 5.73 Å². The fraction of sp³-hybridized carbons (Fsp3) is 0.500. The number of sulfonamides is 1. The summed E-state index contributed by atoms with van der Waals surface area (Å²) in [6.07, 6.45) is 1.75. The van der Waals surface area contributed by atoms with Gasteiger partial charge in [-0.05, 0) is 25.0 Å².